The largest absolute Gasteiger partial charge is 0.431 e. The Labute approximate surface area is 96.7 Å². The molecule has 2 rings (SSSR count). The van der Waals surface area contributed by atoms with Crippen LogP contribution in [-0.2, 0) is 19.0 Å². The van der Waals surface area contributed by atoms with Crippen molar-refractivity contribution in [1.82, 2.24) is 4.98 Å². The molecule has 1 aromatic rings. The zero-order valence-electron chi connectivity index (χ0n) is 8.66. The lowest BCUT2D eigenvalue weighted by atomic mass is 10.0. The molecule has 1 aliphatic rings. The molecule has 5 heteroatoms. The van der Waals surface area contributed by atoms with Gasteiger partial charge in [-0.25, -0.2) is 0 Å². The Bertz CT molecular complexity index is 448. The molecule has 0 radical (unpaired) electrons. The van der Waals surface area contributed by atoms with Gasteiger partial charge >= 0.3 is 6.18 Å². The average molecular weight is 247 g/mol. The van der Waals surface area contributed by atoms with Crippen LogP contribution >= 0.6 is 12.2 Å². The van der Waals surface area contributed by atoms with E-state index < -0.39 is 11.9 Å². The molecule has 16 heavy (non-hydrogen) atoms. The summed E-state index contributed by atoms with van der Waals surface area (Å²) in [4.78, 5) is 2.29. The number of halogens is 3. The Kier molecular flexibility index (Phi) is 3.06. The van der Waals surface area contributed by atoms with Gasteiger partial charge in [-0.3, -0.25) is 0 Å². The van der Waals surface area contributed by atoms with Gasteiger partial charge in [0.2, 0.25) is 0 Å². The van der Waals surface area contributed by atoms with Crippen molar-refractivity contribution >= 4 is 12.2 Å². The fourth-order valence-electron chi connectivity index (χ4n) is 2.19. The van der Waals surface area contributed by atoms with Crippen molar-refractivity contribution in [3.05, 3.63) is 27.5 Å². The lowest BCUT2D eigenvalue weighted by Crippen LogP contribution is -2.14. The maximum Gasteiger partial charge on any atom is 0.431 e. The molecule has 1 heterocycles. The van der Waals surface area contributed by atoms with E-state index in [9.17, 15) is 13.2 Å². The van der Waals surface area contributed by atoms with Gasteiger partial charge in [-0.2, -0.15) is 13.2 Å². The smallest absolute Gasteiger partial charge is 0.342 e. The van der Waals surface area contributed by atoms with Gasteiger partial charge in [-0.05, 0) is 42.9 Å². The number of alkyl halides is 3. The third-order valence-electron chi connectivity index (χ3n) is 2.90. The van der Waals surface area contributed by atoms with Gasteiger partial charge in [-0.1, -0.05) is 18.6 Å². The minimum Gasteiger partial charge on any atom is -0.342 e. The molecule has 1 N–H and O–H groups in total. The third kappa shape index (κ3) is 2.29. The standard InChI is InChI=1S/C11H12F3NS/c12-11(13,14)10-8-5-3-1-2-4-7(8)6-9(16)15-10/h6H,1-5H2,(H,15,16). The molecule has 0 fully saturated rings. The van der Waals surface area contributed by atoms with Crippen LogP contribution in [0.1, 0.15) is 36.1 Å². The third-order valence-corrected chi connectivity index (χ3v) is 3.12. The molecule has 0 saturated heterocycles. The number of pyridine rings is 1. The second-order valence-corrected chi connectivity index (χ2v) is 4.51. The van der Waals surface area contributed by atoms with Crippen LogP contribution in [0.3, 0.4) is 0 Å². The molecule has 88 valence electrons. The molecule has 0 bridgehead atoms. The van der Waals surface area contributed by atoms with Crippen LogP contribution in [0.4, 0.5) is 13.2 Å². The number of H-pyrrole nitrogens is 1. The van der Waals surface area contributed by atoms with Crippen molar-refractivity contribution in [2.75, 3.05) is 0 Å². The number of rotatable bonds is 0. The first kappa shape index (κ1) is 11.6. The monoisotopic (exact) mass is 247 g/mol. The van der Waals surface area contributed by atoms with Crippen LogP contribution in [0.5, 0.6) is 0 Å². The van der Waals surface area contributed by atoms with Crippen molar-refractivity contribution < 1.29 is 13.2 Å². The first-order chi connectivity index (χ1) is 7.48. The maximum absolute atomic E-state index is 12.8. The summed E-state index contributed by atoms with van der Waals surface area (Å²) in [6.07, 6.45) is -0.376. The van der Waals surface area contributed by atoms with E-state index in [0.717, 1.165) is 24.8 Å². The number of aryl methyl sites for hydroxylation is 1. The van der Waals surface area contributed by atoms with Crippen molar-refractivity contribution in [3.8, 4) is 0 Å². The average Bonchev–Trinajstić information content (AvgIpc) is 2.39. The van der Waals surface area contributed by atoms with Gasteiger partial charge in [0.25, 0.3) is 0 Å². The SMILES string of the molecule is FC(F)(F)c1[nH]c(=S)cc2c1CCCCC2. The Hall–Kier alpha value is -0.840. The van der Waals surface area contributed by atoms with Crippen molar-refractivity contribution in [3.63, 3.8) is 0 Å². The highest BCUT2D eigenvalue weighted by Gasteiger charge is 2.35. The number of hydrogen-bond acceptors (Lipinski definition) is 1. The van der Waals surface area contributed by atoms with E-state index in [4.69, 9.17) is 12.2 Å². The number of fused-ring (bicyclic) bond motifs is 1. The molecule has 1 aliphatic carbocycles. The van der Waals surface area contributed by atoms with Crippen molar-refractivity contribution in [1.29, 1.82) is 0 Å². The molecule has 1 nitrogen and oxygen atoms in total. The van der Waals surface area contributed by atoms with Crippen LogP contribution in [0.25, 0.3) is 0 Å². The minimum atomic E-state index is -4.33. The Morgan fingerprint density at radius 1 is 1.12 bits per heavy atom. The molecule has 0 unspecified atom stereocenters. The molecule has 0 atom stereocenters. The quantitative estimate of drug-likeness (QED) is 0.540. The molecule has 0 aliphatic heterocycles. The van der Waals surface area contributed by atoms with Gasteiger partial charge in [0.1, 0.15) is 10.3 Å². The number of hydrogen-bond donors (Lipinski definition) is 1. The second kappa shape index (κ2) is 4.20. The summed E-state index contributed by atoms with van der Waals surface area (Å²) in [6.45, 7) is 0. The number of nitrogens with one attached hydrogen (secondary N) is 1. The highest BCUT2D eigenvalue weighted by Crippen LogP contribution is 2.34. The molecular formula is C11H12F3NS. The summed E-state index contributed by atoms with van der Waals surface area (Å²) in [6, 6.07) is 1.67. The van der Waals surface area contributed by atoms with Crippen molar-refractivity contribution in [2.24, 2.45) is 0 Å². The van der Waals surface area contributed by atoms with Crippen LogP contribution in [0.2, 0.25) is 0 Å². The Morgan fingerprint density at radius 3 is 2.50 bits per heavy atom. The van der Waals surface area contributed by atoms with Gasteiger partial charge in [0.05, 0.1) is 0 Å². The summed E-state index contributed by atoms with van der Waals surface area (Å²) in [5.41, 5.74) is 0.545. The van der Waals surface area contributed by atoms with E-state index in [2.05, 4.69) is 4.98 Å². The topological polar surface area (TPSA) is 15.8 Å². The first-order valence-corrected chi connectivity index (χ1v) is 5.71. The van der Waals surface area contributed by atoms with Gasteiger partial charge in [0.15, 0.2) is 0 Å². The lowest BCUT2D eigenvalue weighted by molar-refractivity contribution is -0.141. The highest BCUT2D eigenvalue weighted by atomic mass is 32.1. The van der Waals surface area contributed by atoms with E-state index in [0.29, 0.717) is 18.4 Å². The second-order valence-electron chi connectivity index (χ2n) is 4.07. The van der Waals surface area contributed by atoms with E-state index >= 15 is 0 Å². The number of aromatic amines is 1. The van der Waals surface area contributed by atoms with Gasteiger partial charge in [-0.15, -0.1) is 0 Å². The van der Waals surface area contributed by atoms with E-state index in [1.807, 2.05) is 0 Å². The van der Waals surface area contributed by atoms with Crippen LogP contribution in [-0.4, -0.2) is 4.98 Å². The highest BCUT2D eigenvalue weighted by molar-refractivity contribution is 7.71. The van der Waals surface area contributed by atoms with Gasteiger partial charge in [0, 0.05) is 0 Å². The predicted octanol–water partition coefficient (Wildman–Crippen LogP) is 4.03. The fourth-order valence-corrected chi connectivity index (χ4v) is 2.43. The van der Waals surface area contributed by atoms with Crippen LogP contribution in [0, 0.1) is 4.64 Å². The molecule has 0 spiro atoms. The van der Waals surface area contributed by atoms with Crippen molar-refractivity contribution in [2.45, 2.75) is 38.3 Å². The van der Waals surface area contributed by atoms with Crippen LogP contribution < -0.4 is 0 Å². The minimum absolute atomic E-state index is 0.174. The first-order valence-electron chi connectivity index (χ1n) is 5.31. The maximum atomic E-state index is 12.8. The molecule has 0 saturated carbocycles. The molecule has 0 aromatic carbocycles. The summed E-state index contributed by atoms with van der Waals surface area (Å²) < 4.78 is 38.6. The predicted molar refractivity (Wildman–Crippen MR) is 57.9 cm³/mol. The zero-order chi connectivity index (χ0) is 11.8. The number of aromatic nitrogens is 1. The normalized spacial score (nSPS) is 16.7. The van der Waals surface area contributed by atoms with E-state index in [1.165, 1.54) is 0 Å². The Balaban J connectivity index is 2.60. The lowest BCUT2D eigenvalue weighted by Gasteiger charge is -2.14. The molecular weight excluding hydrogens is 235 g/mol. The molecule has 0 amide bonds. The van der Waals surface area contributed by atoms with E-state index in [-0.39, 0.29) is 4.64 Å². The zero-order valence-corrected chi connectivity index (χ0v) is 9.47. The van der Waals surface area contributed by atoms with Gasteiger partial charge < -0.3 is 4.98 Å². The van der Waals surface area contributed by atoms with Crippen LogP contribution in [0.15, 0.2) is 6.07 Å². The Morgan fingerprint density at radius 2 is 1.81 bits per heavy atom. The summed E-state index contributed by atoms with van der Waals surface area (Å²) in [7, 11) is 0. The fraction of sp³-hybridized carbons (Fsp3) is 0.545. The molecule has 1 aromatic heterocycles. The summed E-state index contributed by atoms with van der Waals surface area (Å²) >= 11 is 4.84. The summed E-state index contributed by atoms with van der Waals surface area (Å²) in [5.74, 6) is 0. The summed E-state index contributed by atoms with van der Waals surface area (Å²) in [5, 5.41) is 0. The van der Waals surface area contributed by atoms with E-state index in [1.54, 1.807) is 6.07 Å².